The van der Waals surface area contributed by atoms with Crippen molar-refractivity contribution < 1.29 is 14.4 Å². The highest BCUT2D eigenvalue weighted by Gasteiger charge is 2.34. The number of anilines is 1. The molecule has 21 heavy (non-hydrogen) atoms. The molecule has 2 atom stereocenters. The van der Waals surface area contributed by atoms with E-state index in [9.17, 15) is 14.4 Å². The molecular weight excluding hydrogens is 270 g/mol. The summed E-state index contributed by atoms with van der Waals surface area (Å²) >= 11 is 0. The second-order valence-electron chi connectivity index (χ2n) is 5.43. The Morgan fingerprint density at radius 1 is 1.38 bits per heavy atom. The fourth-order valence-electron chi connectivity index (χ4n) is 2.87. The Morgan fingerprint density at radius 3 is 2.86 bits per heavy atom. The highest BCUT2D eigenvalue weighted by Crippen LogP contribution is 2.29. The van der Waals surface area contributed by atoms with Crippen molar-refractivity contribution in [3.05, 3.63) is 29.8 Å². The Hall–Kier alpha value is -2.37. The van der Waals surface area contributed by atoms with Crippen LogP contribution in [0.5, 0.6) is 0 Å². The maximum atomic E-state index is 12.3. The zero-order chi connectivity index (χ0) is 15.0. The fraction of sp³-hybridized carbons (Fsp3) is 0.400. The van der Waals surface area contributed by atoms with Crippen LogP contribution in [0.15, 0.2) is 24.3 Å². The maximum absolute atomic E-state index is 12.3. The quantitative estimate of drug-likeness (QED) is 0.765. The Morgan fingerprint density at radius 2 is 2.14 bits per heavy atom. The normalized spacial score (nSPS) is 22.0. The summed E-state index contributed by atoms with van der Waals surface area (Å²) in [5, 5.41) is 4.84. The molecule has 3 rings (SSSR count). The van der Waals surface area contributed by atoms with Gasteiger partial charge in [0.2, 0.25) is 17.7 Å². The van der Waals surface area contributed by atoms with Gasteiger partial charge in [-0.05, 0) is 25.0 Å². The number of rotatable bonds is 3. The van der Waals surface area contributed by atoms with E-state index in [0.29, 0.717) is 0 Å². The van der Waals surface area contributed by atoms with Crippen molar-refractivity contribution in [2.45, 2.75) is 31.8 Å². The van der Waals surface area contributed by atoms with E-state index in [1.807, 2.05) is 30.0 Å². The third-order valence-corrected chi connectivity index (χ3v) is 4.06. The number of imide groups is 1. The van der Waals surface area contributed by atoms with Crippen LogP contribution in [0.3, 0.4) is 0 Å². The average molecular weight is 287 g/mol. The zero-order valence-corrected chi connectivity index (χ0v) is 11.8. The van der Waals surface area contributed by atoms with Crippen LogP contribution >= 0.6 is 0 Å². The van der Waals surface area contributed by atoms with E-state index in [2.05, 4.69) is 16.7 Å². The van der Waals surface area contributed by atoms with E-state index >= 15 is 0 Å². The van der Waals surface area contributed by atoms with Crippen molar-refractivity contribution in [1.29, 1.82) is 0 Å². The molecule has 0 radical (unpaired) electrons. The molecule has 0 aromatic heterocycles. The van der Waals surface area contributed by atoms with Crippen LogP contribution in [0.2, 0.25) is 0 Å². The summed E-state index contributed by atoms with van der Waals surface area (Å²) < 4.78 is 0. The molecule has 2 N–H and O–H groups in total. The molecule has 2 aliphatic heterocycles. The van der Waals surface area contributed by atoms with Crippen LogP contribution in [-0.2, 0) is 20.8 Å². The molecule has 3 amide bonds. The van der Waals surface area contributed by atoms with E-state index in [0.717, 1.165) is 18.7 Å². The lowest BCUT2D eigenvalue weighted by Gasteiger charge is -2.27. The van der Waals surface area contributed by atoms with Gasteiger partial charge in [-0.2, -0.15) is 0 Å². The molecule has 1 aromatic carbocycles. The second-order valence-corrected chi connectivity index (χ2v) is 5.43. The van der Waals surface area contributed by atoms with Gasteiger partial charge in [0.25, 0.3) is 0 Å². The van der Waals surface area contributed by atoms with E-state index in [1.165, 1.54) is 5.56 Å². The number of nitrogens with one attached hydrogen (secondary N) is 2. The van der Waals surface area contributed by atoms with Gasteiger partial charge in [-0.25, -0.2) is 0 Å². The molecular formula is C15H17N3O3. The molecule has 2 aliphatic rings. The number of hydrogen-bond donors (Lipinski definition) is 2. The summed E-state index contributed by atoms with van der Waals surface area (Å²) in [5.41, 5.74) is 2.29. The van der Waals surface area contributed by atoms with Crippen LogP contribution in [0, 0.1) is 0 Å². The van der Waals surface area contributed by atoms with Crippen molar-refractivity contribution in [3.8, 4) is 0 Å². The summed E-state index contributed by atoms with van der Waals surface area (Å²) in [6, 6.07) is 6.87. The monoisotopic (exact) mass is 287 g/mol. The lowest BCUT2D eigenvalue weighted by atomic mass is 10.1. The SMILES string of the molecule is CC(C(=O)NC1CC(=O)NC1=O)N1CCc2ccccc21. The maximum Gasteiger partial charge on any atom is 0.249 e. The molecule has 1 fully saturated rings. The van der Waals surface area contributed by atoms with Crippen LogP contribution in [0.4, 0.5) is 5.69 Å². The largest absolute Gasteiger partial charge is 0.359 e. The third kappa shape index (κ3) is 2.49. The molecule has 0 bridgehead atoms. The molecule has 0 spiro atoms. The van der Waals surface area contributed by atoms with E-state index in [4.69, 9.17) is 0 Å². The number of amides is 3. The van der Waals surface area contributed by atoms with Crippen molar-refractivity contribution in [2.24, 2.45) is 0 Å². The minimum atomic E-state index is -0.745. The van der Waals surface area contributed by atoms with Crippen LogP contribution in [0.1, 0.15) is 18.9 Å². The number of nitrogens with zero attached hydrogens (tertiary/aromatic N) is 1. The number of carbonyl (C=O) groups excluding carboxylic acids is 3. The number of hydrogen-bond acceptors (Lipinski definition) is 4. The molecule has 110 valence electrons. The minimum Gasteiger partial charge on any atom is -0.359 e. The van der Waals surface area contributed by atoms with E-state index < -0.39 is 11.9 Å². The van der Waals surface area contributed by atoms with Gasteiger partial charge in [-0.1, -0.05) is 18.2 Å². The Bertz CT molecular complexity index is 614. The Kier molecular flexibility index (Phi) is 3.37. The predicted molar refractivity (Wildman–Crippen MR) is 76.7 cm³/mol. The van der Waals surface area contributed by atoms with E-state index in [-0.39, 0.29) is 24.3 Å². The average Bonchev–Trinajstić information content (AvgIpc) is 3.01. The third-order valence-electron chi connectivity index (χ3n) is 4.06. The number of para-hydroxylation sites is 1. The second kappa shape index (κ2) is 5.20. The van der Waals surface area contributed by atoms with Gasteiger partial charge in [0, 0.05) is 12.2 Å². The Balaban J connectivity index is 1.69. The van der Waals surface area contributed by atoms with Crippen molar-refractivity contribution in [1.82, 2.24) is 10.6 Å². The van der Waals surface area contributed by atoms with Gasteiger partial charge >= 0.3 is 0 Å². The molecule has 6 heteroatoms. The van der Waals surface area contributed by atoms with Gasteiger partial charge in [0.15, 0.2) is 0 Å². The van der Waals surface area contributed by atoms with Gasteiger partial charge in [-0.15, -0.1) is 0 Å². The van der Waals surface area contributed by atoms with Crippen LogP contribution in [0.25, 0.3) is 0 Å². The first-order valence-corrected chi connectivity index (χ1v) is 7.05. The highest BCUT2D eigenvalue weighted by molar-refractivity contribution is 6.07. The van der Waals surface area contributed by atoms with Crippen LogP contribution in [-0.4, -0.2) is 36.3 Å². The van der Waals surface area contributed by atoms with Gasteiger partial charge in [0.1, 0.15) is 12.1 Å². The first kappa shape index (κ1) is 13.6. The molecule has 1 aromatic rings. The number of benzene rings is 1. The summed E-state index contributed by atoms with van der Waals surface area (Å²) in [5.74, 6) is -1.01. The topological polar surface area (TPSA) is 78.5 Å². The predicted octanol–water partition coefficient (Wildman–Crippen LogP) is -0.0311. The van der Waals surface area contributed by atoms with Crippen LogP contribution < -0.4 is 15.5 Å². The molecule has 1 saturated heterocycles. The zero-order valence-electron chi connectivity index (χ0n) is 11.8. The molecule has 0 aliphatic carbocycles. The fourth-order valence-corrected chi connectivity index (χ4v) is 2.87. The van der Waals surface area contributed by atoms with Crippen molar-refractivity contribution >= 4 is 23.4 Å². The lowest BCUT2D eigenvalue weighted by molar-refractivity contribution is -0.128. The molecule has 2 unspecified atom stereocenters. The van der Waals surface area contributed by atoms with Crippen molar-refractivity contribution in [2.75, 3.05) is 11.4 Å². The summed E-state index contributed by atoms with van der Waals surface area (Å²) in [4.78, 5) is 37.0. The van der Waals surface area contributed by atoms with Gasteiger partial charge in [0.05, 0.1) is 6.42 Å². The summed E-state index contributed by atoms with van der Waals surface area (Å²) in [6.45, 7) is 2.59. The Labute approximate surface area is 122 Å². The first-order valence-electron chi connectivity index (χ1n) is 7.05. The van der Waals surface area contributed by atoms with Gasteiger partial charge < -0.3 is 10.2 Å². The minimum absolute atomic E-state index is 0.0217. The number of carbonyl (C=O) groups is 3. The lowest BCUT2D eigenvalue weighted by Crippen LogP contribution is -2.49. The molecule has 2 heterocycles. The summed E-state index contributed by atoms with van der Waals surface area (Å²) in [6.07, 6.45) is 0.935. The standard InChI is InChI=1S/C15H17N3O3/c1-9(14(20)16-11-8-13(19)17-15(11)21)18-7-6-10-4-2-3-5-12(10)18/h2-5,9,11H,6-8H2,1H3,(H,16,20)(H,17,19,21). The number of fused-ring (bicyclic) bond motifs is 1. The van der Waals surface area contributed by atoms with Crippen molar-refractivity contribution in [3.63, 3.8) is 0 Å². The molecule has 0 saturated carbocycles. The first-order chi connectivity index (χ1) is 10.1. The van der Waals surface area contributed by atoms with Gasteiger partial charge in [-0.3, -0.25) is 19.7 Å². The summed E-state index contributed by atoms with van der Waals surface area (Å²) in [7, 11) is 0. The van der Waals surface area contributed by atoms with E-state index in [1.54, 1.807) is 0 Å². The highest BCUT2D eigenvalue weighted by atomic mass is 16.2. The smallest absolute Gasteiger partial charge is 0.249 e. The molecule has 6 nitrogen and oxygen atoms in total.